The Bertz CT molecular complexity index is 951. The second-order valence-corrected chi connectivity index (χ2v) is 6.59. The number of rotatable bonds is 6. The first-order chi connectivity index (χ1) is 12.9. The molecule has 0 radical (unpaired) electrons. The molecule has 142 valence electrons. The molecule has 0 bridgehead atoms. The van der Waals surface area contributed by atoms with Gasteiger partial charge in [-0.3, -0.25) is 4.79 Å². The fourth-order valence-corrected chi connectivity index (χ4v) is 2.71. The highest BCUT2D eigenvalue weighted by Gasteiger charge is 2.18. The lowest BCUT2D eigenvalue weighted by Crippen LogP contribution is -2.35. The molecule has 3 aromatic rings. The van der Waals surface area contributed by atoms with Crippen LogP contribution in [-0.2, 0) is 4.79 Å². The van der Waals surface area contributed by atoms with Crippen molar-refractivity contribution < 1.29 is 13.9 Å². The monoisotopic (exact) mass is 370 g/mol. The molecule has 0 spiro atoms. The van der Waals surface area contributed by atoms with Gasteiger partial charge in [-0.2, -0.15) is 0 Å². The molecule has 3 N–H and O–H groups in total. The van der Waals surface area contributed by atoms with E-state index < -0.39 is 6.04 Å². The van der Waals surface area contributed by atoms with Gasteiger partial charge < -0.3 is 15.8 Å². The minimum atomic E-state index is -0.612. The predicted molar refractivity (Wildman–Crippen MR) is 104 cm³/mol. The first-order valence-electron chi connectivity index (χ1n) is 8.91. The molecule has 0 aliphatic carbocycles. The van der Waals surface area contributed by atoms with Gasteiger partial charge in [-0.1, -0.05) is 6.92 Å². The van der Waals surface area contributed by atoms with Gasteiger partial charge in [-0.05, 0) is 56.7 Å². The first-order valence-corrected chi connectivity index (χ1v) is 8.91. The minimum absolute atomic E-state index is 0.0198. The quantitative estimate of drug-likeness (QED) is 0.694. The third-order valence-corrected chi connectivity index (χ3v) is 4.11. The van der Waals surface area contributed by atoms with Crippen LogP contribution in [0.5, 0.6) is 5.75 Å². The number of carbonyl (C=O) groups is 1. The molecule has 6 nitrogen and oxygen atoms in total. The molecule has 3 rings (SSSR count). The molecular formula is C20H23FN4O2. The highest BCUT2D eigenvalue weighted by molar-refractivity contribution is 6.02. The highest BCUT2D eigenvalue weighted by atomic mass is 19.1. The summed E-state index contributed by atoms with van der Waals surface area (Å²) in [6, 6.07) is 10.9. The van der Waals surface area contributed by atoms with E-state index in [0.29, 0.717) is 23.7 Å². The normalized spacial score (nSPS) is 12.4. The largest absolute Gasteiger partial charge is 0.491 e. The zero-order valence-corrected chi connectivity index (χ0v) is 15.6. The molecule has 7 heteroatoms. The van der Waals surface area contributed by atoms with Crippen LogP contribution < -0.4 is 15.8 Å². The number of fused-ring (bicyclic) bond motifs is 1. The third kappa shape index (κ3) is 4.09. The van der Waals surface area contributed by atoms with Crippen LogP contribution in [0, 0.1) is 5.82 Å². The predicted octanol–water partition coefficient (Wildman–Crippen LogP) is 3.63. The third-order valence-electron chi connectivity index (χ3n) is 4.11. The van der Waals surface area contributed by atoms with E-state index in [1.807, 2.05) is 39.0 Å². The summed E-state index contributed by atoms with van der Waals surface area (Å²) in [7, 11) is 0. The number of ether oxygens (including phenoxy) is 1. The molecular weight excluding hydrogens is 347 g/mol. The first kappa shape index (κ1) is 18.8. The Hall–Kier alpha value is -2.93. The van der Waals surface area contributed by atoms with Gasteiger partial charge in [0.1, 0.15) is 11.6 Å². The maximum absolute atomic E-state index is 13.3. The summed E-state index contributed by atoms with van der Waals surface area (Å²) in [6.07, 6.45) is 0.542. The number of nitrogens with one attached hydrogen (secondary N) is 1. The van der Waals surface area contributed by atoms with E-state index in [0.717, 1.165) is 10.9 Å². The molecule has 0 fully saturated rings. The molecule has 0 saturated carbocycles. The van der Waals surface area contributed by atoms with Gasteiger partial charge in [0.2, 0.25) is 5.91 Å². The number of benzene rings is 2. The van der Waals surface area contributed by atoms with Gasteiger partial charge in [0.05, 0.1) is 23.3 Å². The summed E-state index contributed by atoms with van der Waals surface area (Å²) in [5.41, 5.74) is 7.22. The number of carbonyl (C=O) groups excluding carboxylic acids is 1. The zero-order valence-electron chi connectivity index (χ0n) is 15.6. The topological polar surface area (TPSA) is 82.2 Å². The zero-order chi connectivity index (χ0) is 19.6. The number of halogens is 1. The molecule has 1 aromatic heterocycles. The fourth-order valence-electron chi connectivity index (χ4n) is 2.71. The highest BCUT2D eigenvalue weighted by Crippen LogP contribution is 2.30. The van der Waals surface area contributed by atoms with Crippen LogP contribution in [0.1, 0.15) is 27.2 Å². The summed E-state index contributed by atoms with van der Waals surface area (Å²) >= 11 is 0. The number of amides is 1. The van der Waals surface area contributed by atoms with Crippen molar-refractivity contribution in [2.24, 2.45) is 5.73 Å². The van der Waals surface area contributed by atoms with Crippen molar-refractivity contribution in [3.05, 3.63) is 48.3 Å². The van der Waals surface area contributed by atoms with Crippen molar-refractivity contribution in [1.82, 2.24) is 9.78 Å². The Morgan fingerprint density at radius 1 is 1.26 bits per heavy atom. The van der Waals surface area contributed by atoms with E-state index >= 15 is 0 Å². The van der Waals surface area contributed by atoms with Crippen molar-refractivity contribution >= 4 is 22.6 Å². The van der Waals surface area contributed by atoms with Crippen LogP contribution in [0.2, 0.25) is 0 Å². The van der Waals surface area contributed by atoms with E-state index in [1.165, 1.54) is 12.1 Å². The Labute approximate surface area is 157 Å². The van der Waals surface area contributed by atoms with E-state index in [9.17, 15) is 9.18 Å². The summed E-state index contributed by atoms with van der Waals surface area (Å²) < 4.78 is 20.7. The lowest BCUT2D eigenvalue weighted by molar-refractivity contribution is -0.117. The van der Waals surface area contributed by atoms with Gasteiger partial charge in [0, 0.05) is 11.5 Å². The molecule has 1 heterocycles. The molecule has 0 saturated heterocycles. The Morgan fingerprint density at radius 3 is 2.59 bits per heavy atom. The average molecular weight is 370 g/mol. The summed E-state index contributed by atoms with van der Waals surface area (Å²) in [5, 5.41) is 8.05. The van der Waals surface area contributed by atoms with Gasteiger partial charge >= 0.3 is 0 Å². The van der Waals surface area contributed by atoms with Gasteiger partial charge in [-0.15, -0.1) is 5.10 Å². The fraction of sp³-hybridized carbons (Fsp3) is 0.300. The van der Waals surface area contributed by atoms with E-state index in [1.54, 1.807) is 16.8 Å². The van der Waals surface area contributed by atoms with Crippen LogP contribution >= 0.6 is 0 Å². The molecule has 1 atom stereocenters. The van der Waals surface area contributed by atoms with Crippen molar-refractivity contribution in [1.29, 1.82) is 0 Å². The summed E-state index contributed by atoms with van der Waals surface area (Å²) in [4.78, 5) is 12.2. The molecule has 0 aliphatic rings. The molecule has 0 unspecified atom stereocenters. The van der Waals surface area contributed by atoms with Gasteiger partial charge in [0.25, 0.3) is 0 Å². The average Bonchev–Trinajstić information content (AvgIpc) is 2.99. The van der Waals surface area contributed by atoms with Crippen LogP contribution in [0.3, 0.4) is 0 Å². The van der Waals surface area contributed by atoms with Crippen molar-refractivity contribution in [2.45, 2.75) is 39.3 Å². The van der Waals surface area contributed by atoms with Crippen molar-refractivity contribution in [3.8, 4) is 11.4 Å². The summed E-state index contributed by atoms with van der Waals surface area (Å²) in [5.74, 6) is 0.454. The smallest absolute Gasteiger partial charge is 0.242 e. The van der Waals surface area contributed by atoms with Crippen LogP contribution in [0.4, 0.5) is 10.2 Å². The Morgan fingerprint density at radius 2 is 1.96 bits per heavy atom. The van der Waals surface area contributed by atoms with Crippen molar-refractivity contribution in [2.75, 3.05) is 5.32 Å². The summed E-state index contributed by atoms with van der Waals surface area (Å²) in [6.45, 7) is 5.73. The second-order valence-electron chi connectivity index (χ2n) is 6.59. The van der Waals surface area contributed by atoms with Gasteiger partial charge in [0.15, 0.2) is 5.82 Å². The lowest BCUT2D eigenvalue weighted by atomic mass is 10.2. The Kier molecular flexibility index (Phi) is 5.41. The SMILES string of the molecule is CC[C@H](N)C(=O)Nc1nn(-c2ccc(F)cc2)c2cc(OC(C)C)ccc12. The number of hydrogen-bond acceptors (Lipinski definition) is 4. The lowest BCUT2D eigenvalue weighted by Gasteiger charge is -2.10. The molecule has 27 heavy (non-hydrogen) atoms. The van der Waals surface area contributed by atoms with E-state index in [4.69, 9.17) is 10.5 Å². The van der Waals surface area contributed by atoms with Crippen molar-refractivity contribution in [3.63, 3.8) is 0 Å². The number of aromatic nitrogens is 2. The minimum Gasteiger partial charge on any atom is -0.491 e. The van der Waals surface area contributed by atoms with E-state index in [2.05, 4.69) is 10.4 Å². The van der Waals surface area contributed by atoms with Gasteiger partial charge in [-0.25, -0.2) is 9.07 Å². The Balaban J connectivity index is 2.10. The molecule has 0 aliphatic heterocycles. The van der Waals surface area contributed by atoms with Crippen LogP contribution in [0.25, 0.3) is 16.6 Å². The van der Waals surface area contributed by atoms with E-state index in [-0.39, 0.29) is 17.8 Å². The van der Waals surface area contributed by atoms with Crippen LogP contribution in [-0.4, -0.2) is 27.8 Å². The molecule has 2 aromatic carbocycles. The number of nitrogens with zero attached hydrogens (tertiary/aromatic N) is 2. The second kappa shape index (κ2) is 7.75. The maximum atomic E-state index is 13.3. The molecule has 1 amide bonds. The number of anilines is 1. The number of hydrogen-bond donors (Lipinski definition) is 2. The maximum Gasteiger partial charge on any atom is 0.242 e. The number of nitrogens with two attached hydrogens (primary N) is 1. The standard InChI is InChI=1S/C20H23FN4O2/c1-4-17(22)20(26)23-19-16-10-9-15(27-12(2)3)11-18(16)25(24-19)14-7-5-13(21)6-8-14/h5-12,17H,4,22H2,1-3H3,(H,23,24,26)/t17-/m0/s1. The van der Waals surface area contributed by atoms with Crippen LogP contribution in [0.15, 0.2) is 42.5 Å².